The lowest BCUT2D eigenvalue weighted by atomic mass is 10.1. The van der Waals surface area contributed by atoms with E-state index in [1.54, 1.807) is 0 Å². The summed E-state index contributed by atoms with van der Waals surface area (Å²) in [6.45, 7) is 9.48. The lowest BCUT2D eigenvalue weighted by Crippen LogP contribution is -2.20. The molecule has 1 unspecified atom stereocenters. The maximum Gasteiger partial charge on any atom is 0.508 e. The Morgan fingerprint density at radius 3 is 2.06 bits per heavy atom. The first-order valence-electron chi connectivity index (χ1n) is 6.42. The largest absolute Gasteiger partial charge is 0.508 e. The molecule has 0 rings (SSSR count). The predicted octanol–water partition coefficient (Wildman–Crippen LogP) is 3.80. The van der Waals surface area contributed by atoms with Gasteiger partial charge >= 0.3 is 11.7 Å². The van der Waals surface area contributed by atoms with Crippen LogP contribution in [0.5, 0.6) is 0 Å². The van der Waals surface area contributed by atoms with Crippen molar-refractivity contribution < 1.29 is 12.5 Å². The zero-order chi connectivity index (χ0) is 12.2. The zero-order valence-corrected chi connectivity index (χ0v) is 12.0. The van der Waals surface area contributed by atoms with Crippen LogP contribution >= 0.6 is 0 Å². The molecule has 0 aromatic rings. The van der Waals surface area contributed by atoms with Crippen molar-refractivity contribution in [1.82, 2.24) is 0 Å². The lowest BCUT2D eigenvalue weighted by molar-refractivity contribution is 0.144. The number of hydrogen-bond acceptors (Lipinski definition) is 3. The highest BCUT2D eigenvalue weighted by Gasteiger charge is 2.28. The Morgan fingerprint density at radius 1 is 0.938 bits per heavy atom. The Hall–Kier alpha value is 0.230. The van der Waals surface area contributed by atoms with Gasteiger partial charge in [0.15, 0.2) is 0 Å². The summed E-state index contributed by atoms with van der Waals surface area (Å²) in [6, 6.07) is 0. The highest BCUT2D eigenvalue weighted by atomic mass is 32.3. The van der Waals surface area contributed by atoms with Gasteiger partial charge in [0.05, 0.1) is 0 Å². The average molecular weight is 251 g/mol. The van der Waals surface area contributed by atoms with Crippen LogP contribution in [-0.2, 0) is 24.3 Å². The van der Waals surface area contributed by atoms with E-state index in [0.717, 1.165) is 6.42 Å². The van der Waals surface area contributed by atoms with E-state index in [2.05, 4.69) is 13.8 Å². The van der Waals surface area contributed by atoms with Crippen LogP contribution in [0.25, 0.3) is 0 Å². The molecule has 4 heteroatoms. The van der Waals surface area contributed by atoms with Gasteiger partial charge in [0.25, 0.3) is 0 Å². The quantitative estimate of drug-likeness (QED) is 0.413. The number of rotatable bonds is 11. The molecule has 0 aliphatic carbocycles. The molecule has 0 fully saturated rings. The van der Waals surface area contributed by atoms with E-state index >= 15 is 0 Å². The van der Waals surface area contributed by atoms with Crippen LogP contribution in [0.4, 0.5) is 0 Å². The third-order valence-electron chi connectivity index (χ3n) is 2.14. The number of unbranched alkanes of at least 4 members (excludes halogenated alkanes) is 3. The van der Waals surface area contributed by atoms with E-state index in [9.17, 15) is 0 Å². The van der Waals surface area contributed by atoms with Crippen molar-refractivity contribution in [3.8, 4) is 0 Å². The van der Waals surface area contributed by atoms with E-state index in [-0.39, 0.29) is 6.10 Å². The number of hydrogen-bond donors (Lipinski definition) is 0. The molecule has 0 spiro atoms. The Balaban J connectivity index is 3.59. The topological polar surface area (TPSA) is 27.7 Å². The minimum Gasteiger partial charge on any atom is -0.109 e. The summed E-state index contributed by atoms with van der Waals surface area (Å²) in [5, 5.41) is 0. The molecular weight excluding hydrogens is 224 g/mol. The van der Waals surface area contributed by atoms with Gasteiger partial charge in [-0.1, -0.05) is 32.6 Å². The fourth-order valence-electron chi connectivity index (χ4n) is 1.32. The fraction of sp³-hybridized carbons (Fsp3) is 1.00. The van der Waals surface area contributed by atoms with Crippen LogP contribution < -0.4 is 0 Å². The molecule has 0 saturated heterocycles. The predicted molar refractivity (Wildman–Crippen MR) is 69.9 cm³/mol. The molecular formula is C12H27O3S+. The second-order valence-corrected chi connectivity index (χ2v) is 4.85. The monoisotopic (exact) mass is 251 g/mol. The standard InChI is InChI=1S/C12H27O3S/c1-5-8-9-10-11-12(4)15-16(13-6-2)14-7-3/h12H,5-11H2,1-4H3/q+1. The maximum atomic E-state index is 5.69. The van der Waals surface area contributed by atoms with E-state index in [0.29, 0.717) is 13.2 Å². The SMILES string of the molecule is CCCCCCC(C)O[S+](OCC)OCC. The average Bonchev–Trinajstić information content (AvgIpc) is 2.25. The molecule has 0 bridgehead atoms. The van der Waals surface area contributed by atoms with Gasteiger partial charge in [0, 0.05) is 0 Å². The first-order valence-corrected chi connectivity index (χ1v) is 7.42. The van der Waals surface area contributed by atoms with E-state index < -0.39 is 11.7 Å². The van der Waals surface area contributed by atoms with Gasteiger partial charge in [-0.05, 0) is 27.2 Å². The highest BCUT2D eigenvalue weighted by molar-refractivity contribution is 7.82. The van der Waals surface area contributed by atoms with Crippen LogP contribution in [-0.4, -0.2) is 19.3 Å². The van der Waals surface area contributed by atoms with Gasteiger partial charge in [-0.25, -0.2) is 0 Å². The molecule has 0 amide bonds. The molecule has 98 valence electrons. The Labute approximate surface area is 104 Å². The van der Waals surface area contributed by atoms with Crippen molar-refractivity contribution in [2.24, 2.45) is 0 Å². The fourth-order valence-corrected chi connectivity index (χ4v) is 2.25. The summed E-state index contributed by atoms with van der Waals surface area (Å²) >= 11 is -0.762. The van der Waals surface area contributed by atoms with Crippen molar-refractivity contribution >= 4 is 11.7 Å². The van der Waals surface area contributed by atoms with Crippen molar-refractivity contribution in [3.63, 3.8) is 0 Å². The van der Waals surface area contributed by atoms with Gasteiger partial charge in [0.1, 0.15) is 19.3 Å². The van der Waals surface area contributed by atoms with Crippen molar-refractivity contribution in [3.05, 3.63) is 0 Å². The second kappa shape index (κ2) is 11.7. The molecule has 0 saturated carbocycles. The van der Waals surface area contributed by atoms with Gasteiger partial charge in [-0.2, -0.15) is 0 Å². The molecule has 16 heavy (non-hydrogen) atoms. The molecule has 0 aliphatic rings. The van der Waals surface area contributed by atoms with Crippen LogP contribution in [0.2, 0.25) is 0 Å². The first-order chi connectivity index (χ1) is 7.74. The molecule has 1 atom stereocenters. The normalized spacial score (nSPS) is 13.3. The molecule has 0 heterocycles. The Kier molecular flexibility index (Phi) is 11.9. The van der Waals surface area contributed by atoms with Crippen LogP contribution in [0.15, 0.2) is 0 Å². The Bertz CT molecular complexity index is 138. The molecule has 0 aromatic heterocycles. The molecule has 3 nitrogen and oxygen atoms in total. The van der Waals surface area contributed by atoms with E-state index in [1.807, 2.05) is 13.8 Å². The summed E-state index contributed by atoms with van der Waals surface area (Å²) in [5.74, 6) is 0. The van der Waals surface area contributed by atoms with Crippen molar-refractivity contribution in [2.75, 3.05) is 13.2 Å². The van der Waals surface area contributed by atoms with Crippen LogP contribution in [0.3, 0.4) is 0 Å². The van der Waals surface area contributed by atoms with Gasteiger partial charge < -0.3 is 0 Å². The van der Waals surface area contributed by atoms with Crippen molar-refractivity contribution in [1.29, 1.82) is 0 Å². The Morgan fingerprint density at radius 2 is 1.56 bits per heavy atom. The summed E-state index contributed by atoms with van der Waals surface area (Å²) in [7, 11) is 0. The van der Waals surface area contributed by atoms with Crippen LogP contribution in [0, 0.1) is 0 Å². The summed E-state index contributed by atoms with van der Waals surface area (Å²) in [6.07, 6.45) is 6.42. The molecule has 0 radical (unpaired) electrons. The minimum absolute atomic E-state index is 0.221. The van der Waals surface area contributed by atoms with Gasteiger partial charge in [-0.3, -0.25) is 0 Å². The summed E-state index contributed by atoms with van der Waals surface area (Å²) < 4.78 is 16.4. The molecule has 0 aliphatic heterocycles. The maximum absolute atomic E-state index is 5.69. The zero-order valence-electron chi connectivity index (χ0n) is 11.2. The molecule has 0 aromatic carbocycles. The minimum atomic E-state index is -0.762. The first kappa shape index (κ1) is 16.2. The van der Waals surface area contributed by atoms with E-state index in [1.165, 1.54) is 25.7 Å². The third-order valence-corrected chi connectivity index (χ3v) is 3.48. The smallest absolute Gasteiger partial charge is 0.109 e. The third kappa shape index (κ3) is 9.46. The van der Waals surface area contributed by atoms with Gasteiger partial charge in [-0.15, -0.1) is 12.5 Å². The molecule has 0 N–H and O–H groups in total. The summed E-state index contributed by atoms with van der Waals surface area (Å²) in [5.41, 5.74) is 0. The van der Waals surface area contributed by atoms with Crippen LogP contribution in [0.1, 0.15) is 59.8 Å². The van der Waals surface area contributed by atoms with Gasteiger partial charge in [0.2, 0.25) is 0 Å². The summed E-state index contributed by atoms with van der Waals surface area (Å²) in [4.78, 5) is 0. The van der Waals surface area contributed by atoms with Crippen molar-refractivity contribution in [2.45, 2.75) is 65.9 Å². The second-order valence-electron chi connectivity index (χ2n) is 3.77. The highest BCUT2D eigenvalue weighted by Crippen LogP contribution is 2.13. The van der Waals surface area contributed by atoms with E-state index in [4.69, 9.17) is 12.5 Å². The lowest BCUT2D eigenvalue weighted by Gasteiger charge is -2.08.